The Hall–Kier alpha value is -6.82. The van der Waals surface area contributed by atoms with E-state index in [9.17, 15) is 62.6 Å². The molecule has 0 bridgehead atoms. The average molecular weight is 1070 g/mol. The fourth-order valence-electron chi connectivity index (χ4n) is 6.04. The van der Waals surface area contributed by atoms with Crippen molar-refractivity contribution < 1.29 is 67.7 Å². The van der Waals surface area contributed by atoms with Crippen molar-refractivity contribution in [1.82, 2.24) is 53.2 Å². The Labute approximate surface area is 430 Å². The van der Waals surface area contributed by atoms with E-state index in [2.05, 4.69) is 83.4 Å². The van der Waals surface area contributed by atoms with Crippen molar-refractivity contribution in [2.45, 2.75) is 101 Å². The molecular weight excluding hydrogens is 1010 g/mol. The van der Waals surface area contributed by atoms with E-state index >= 15 is 0 Å². The van der Waals surface area contributed by atoms with Crippen LogP contribution < -0.4 is 64.6 Å². The zero-order valence-corrected chi connectivity index (χ0v) is 42.6. The van der Waals surface area contributed by atoms with E-state index in [4.69, 9.17) is 16.6 Å². The van der Waals surface area contributed by atoms with Gasteiger partial charge in [-0.1, -0.05) is 30.3 Å². The number of carboxylic acid groups (broad SMARTS) is 2. The van der Waals surface area contributed by atoms with E-state index in [0.717, 1.165) is 0 Å². The molecule has 8 atom stereocenters. The van der Waals surface area contributed by atoms with Gasteiger partial charge < -0.3 is 74.8 Å². The number of aliphatic imine (C=N–C) groups is 1. The third kappa shape index (κ3) is 25.3. The third-order valence-corrected chi connectivity index (χ3v) is 11.2. The number of amides is 10. The molecule has 27 nitrogen and oxygen atoms in total. The second-order valence-corrected chi connectivity index (χ2v) is 17.5. The normalized spacial score (nSPS) is 14.0. The average Bonchev–Trinajstić information content (AvgIpc) is 3.31. The van der Waals surface area contributed by atoms with E-state index < -0.39 is 139 Å². The van der Waals surface area contributed by atoms with Crippen LogP contribution in [-0.4, -0.2) is 179 Å². The summed E-state index contributed by atoms with van der Waals surface area (Å²) in [6.07, 6.45) is 0.569. The van der Waals surface area contributed by atoms with Crippen LogP contribution in [0.3, 0.4) is 0 Å². The lowest BCUT2D eigenvalue weighted by atomic mass is 10.0. The first kappa shape index (κ1) is 63.2. The van der Waals surface area contributed by atoms with Crippen LogP contribution in [-0.2, 0) is 64.0 Å². The summed E-state index contributed by atoms with van der Waals surface area (Å²) in [7, 11) is 0. The Morgan fingerprint density at radius 2 is 1.07 bits per heavy atom. The Morgan fingerprint density at radius 1 is 0.597 bits per heavy atom. The number of carbonyl (C=O) groups is 12. The van der Waals surface area contributed by atoms with Crippen molar-refractivity contribution in [3.63, 3.8) is 0 Å². The molecule has 0 aliphatic carbocycles. The zero-order chi connectivity index (χ0) is 54.5. The van der Waals surface area contributed by atoms with Gasteiger partial charge in [0.2, 0.25) is 59.1 Å². The number of guanidine groups is 1. The lowest BCUT2D eigenvalue weighted by molar-refractivity contribution is -0.142. The fourth-order valence-corrected chi connectivity index (χ4v) is 7.03. The van der Waals surface area contributed by atoms with Gasteiger partial charge in [-0.05, 0) is 50.7 Å². The maximum absolute atomic E-state index is 13.9. The van der Waals surface area contributed by atoms with Crippen LogP contribution in [0, 0.1) is 0 Å². The first-order valence-electron chi connectivity index (χ1n) is 22.1. The van der Waals surface area contributed by atoms with Gasteiger partial charge in [-0.2, -0.15) is 37.0 Å². The smallest absolute Gasteiger partial charge is 0.325 e. The molecule has 1 aromatic carbocycles. The summed E-state index contributed by atoms with van der Waals surface area (Å²) in [5.41, 5.74) is 11.3. The summed E-state index contributed by atoms with van der Waals surface area (Å²) >= 11 is 9.43. The van der Waals surface area contributed by atoms with Crippen LogP contribution in [0.4, 0.5) is 0 Å². The van der Waals surface area contributed by atoms with Crippen molar-refractivity contribution in [2.75, 3.05) is 43.1 Å². The van der Waals surface area contributed by atoms with E-state index in [1.54, 1.807) is 36.6 Å². The molecule has 10 amide bonds. The minimum absolute atomic E-state index is 0.0204. The van der Waals surface area contributed by atoms with Crippen LogP contribution in [0.5, 0.6) is 0 Å². The molecule has 8 unspecified atom stereocenters. The van der Waals surface area contributed by atoms with Gasteiger partial charge in [0.1, 0.15) is 48.3 Å². The topological polar surface area (TPSA) is 430 Å². The molecule has 0 fully saturated rings. The second kappa shape index (κ2) is 33.7. The van der Waals surface area contributed by atoms with Gasteiger partial charge in [-0.25, -0.2) is 0 Å². The quantitative estimate of drug-likeness (QED) is 0.0135. The fraction of sp³-hybridized carbons (Fsp3) is 0.548. The number of nitrogens with two attached hydrogens (primary N) is 2. The number of benzene rings is 1. The van der Waals surface area contributed by atoms with Gasteiger partial charge in [0.25, 0.3) is 0 Å². The van der Waals surface area contributed by atoms with Gasteiger partial charge in [-0.3, -0.25) is 62.5 Å². The van der Waals surface area contributed by atoms with Crippen LogP contribution in [0.2, 0.25) is 0 Å². The van der Waals surface area contributed by atoms with Gasteiger partial charge in [0.15, 0.2) is 5.96 Å². The predicted molar refractivity (Wildman–Crippen MR) is 269 cm³/mol. The van der Waals surface area contributed by atoms with Crippen molar-refractivity contribution in [2.24, 2.45) is 16.5 Å². The van der Waals surface area contributed by atoms with Gasteiger partial charge in [0, 0.05) is 31.4 Å². The molecule has 0 heterocycles. The molecular formula is C42H65N13O14S3. The summed E-state index contributed by atoms with van der Waals surface area (Å²) < 4.78 is 0. The number of hydrogen-bond donors (Lipinski definition) is 16. The molecule has 0 spiro atoms. The number of carboxylic acids is 2. The van der Waals surface area contributed by atoms with E-state index in [0.29, 0.717) is 5.56 Å². The minimum atomic E-state index is -1.82. The molecule has 0 aromatic heterocycles. The summed E-state index contributed by atoms with van der Waals surface area (Å²) in [4.78, 5) is 157. The van der Waals surface area contributed by atoms with E-state index in [-0.39, 0.29) is 55.4 Å². The number of hydrogen-bond acceptors (Lipinski definition) is 16. The predicted octanol–water partition coefficient (Wildman–Crippen LogP) is -5.37. The highest BCUT2D eigenvalue weighted by atomic mass is 32.2. The number of rotatable bonds is 33. The van der Waals surface area contributed by atoms with Crippen molar-refractivity contribution >= 4 is 114 Å². The number of carbonyl (C=O) groups excluding carboxylic acids is 10. The molecule has 30 heteroatoms. The van der Waals surface area contributed by atoms with Crippen LogP contribution in [0.15, 0.2) is 35.3 Å². The molecule has 0 aliphatic rings. The molecule has 0 aliphatic heterocycles. The second-order valence-electron chi connectivity index (χ2n) is 15.8. The molecule has 0 radical (unpaired) electrons. The lowest BCUT2D eigenvalue weighted by Gasteiger charge is -2.25. The molecule has 400 valence electrons. The van der Waals surface area contributed by atoms with Crippen molar-refractivity contribution in [3.8, 4) is 0 Å². The van der Waals surface area contributed by atoms with E-state index in [1.807, 2.05) is 0 Å². The monoisotopic (exact) mass is 1070 g/mol. The highest BCUT2D eigenvalue weighted by Crippen LogP contribution is 2.08. The zero-order valence-electron chi connectivity index (χ0n) is 40.0. The van der Waals surface area contributed by atoms with E-state index in [1.165, 1.54) is 32.5 Å². The highest BCUT2D eigenvalue weighted by molar-refractivity contribution is 7.98. The summed E-state index contributed by atoms with van der Waals surface area (Å²) in [6, 6.07) is -2.42. The van der Waals surface area contributed by atoms with Crippen molar-refractivity contribution in [3.05, 3.63) is 35.9 Å². The van der Waals surface area contributed by atoms with Gasteiger partial charge in [-0.15, -0.1) is 0 Å². The Morgan fingerprint density at radius 3 is 1.58 bits per heavy atom. The van der Waals surface area contributed by atoms with Gasteiger partial charge in [0.05, 0.1) is 19.5 Å². The largest absolute Gasteiger partial charge is 0.481 e. The summed E-state index contributed by atoms with van der Waals surface area (Å²) in [5.74, 6) is -11.9. The number of thioether (sulfide) groups is 1. The van der Waals surface area contributed by atoms with Crippen LogP contribution in [0.25, 0.3) is 0 Å². The molecule has 0 saturated heterocycles. The maximum atomic E-state index is 13.9. The summed E-state index contributed by atoms with van der Waals surface area (Å²) in [5, 5.41) is 42.5. The number of aliphatic carboxylic acids is 2. The Bertz CT molecular complexity index is 2100. The Kier molecular flexibility index (Phi) is 29.6. The number of thiol groups is 2. The molecule has 0 saturated carbocycles. The van der Waals surface area contributed by atoms with Crippen molar-refractivity contribution in [1.29, 1.82) is 0 Å². The lowest BCUT2D eigenvalue weighted by Crippen LogP contribution is -2.59. The van der Waals surface area contributed by atoms with Gasteiger partial charge >= 0.3 is 11.9 Å². The SMILES string of the molecule is CSCCC(NC(=O)C(Cc1ccccc1)NC(=O)CNC(=O)C(CS)NC(=O)C(C)NC(C)=O)C(=O)NC(CC(=O)O)C(=O)NCC(=O)NC(CCCN=C(N)N)C(=O)NC(CS)C(=O)NC(C)C(=O)O. The summed E-state index contributed by atoms with van der Waals surface area (Å²) in [6.45, 7) is 2.30. The molecule has 1 rings (SSSR count). The number of nitrogens with one attached hydrogen (secondary N) is 10. The molecule has 1 aromatic rings. The maximum Gasteiger partial charge on any atom is 0.325 e. The van der Waals surface area contributed by atoms with Crippen LogP contribution in [0.1, 0.15) is 52.0 Å². The first-order chi connectivity index (χ1) is 33.9. The minimum Gasteiger partial charge on any atom is -0.481 e. The number of nitrogens with zero attached hydrogens (tertiary/aromatic N) is 1. The molecule has 72 heavy (non-hydrogen) atoms. The van der Waals surface area contributed by atoms with Crippen LogP contribution >= 0.6 is 37.0 Å². The highest BCUT2D eigenvalue weighted by Gasteiger charge is 2.33. The molecule has 16 N–H and O–H groups in total. The third-order valence-electron chi connectivity index (χ3n) is 9.81. The standard InChI is InChI=1S/C42H65N13O14S3/c1-21(48-23(3)56)34(61)54-29(19-70)36(63)47-18-32(58)51-27(15-24-9-6-5-7-10-24)39(66)52-26(12-14-72-4)38(65)53-28(16-33(59)60)35(62)46-17-31(57)50-25(11-8-13-45-42(43)44)37(64)55-30(20-71)40(67)49-22(2)41(68)69/h5-7,9-10,21-22,25-30,70-71H,8,11-20H2,1-4H3,(H,46,62)(H,47,63)(H,48,56)(H,49,67)(H,50,57)(H,51,58)(H,52,66)(H,53,65)(H,54,61)(H,55,64)(H,59,60)(H,68,69)(H4,43,44,45). The Balaban J connectivity index is 3.22. The first-order valence-corrected chi connectivity index (χ1v) is 24.8.